The fourth-order valence-electron chi connectivity index (χ4n) is 2.24. The molecule has 0 saturated carbocycles. The summed E-state index contributed by atoms with van der Waals surface area (Å²) >= 11 is 0. The van der Waals surface area contributed by atoms with E-state index < -0.39 is 0 Å². The third-order valence-corrected chi connectivity index (χ3v) is 3.41. The van der Waals surface area contributed by atoms with E-state index in [1.165, 1.54) is 16.5 Å². The minimum absolute atomic E-state index is 0.418. The van der Waals surface area contributed by atoms with Crippen LogP contribution in [0.4, 0.5) is 0 Å². The number of rotatable bonds is 4. The normalized spacial score (nSPS) is 14.8. The molecule has 0 radical (unpaired) electrons. The maximum absolute atomic E-state index is 4.57. The molecule has 0 aliphatic carbocycles. The van der Waals surface area contributed by atoms with Crippen molar-refractivity contribution in [1.29, 1.82) is 0 Å². The molecule has 2 rings (SSSR count). The molecule has 0 fully saturated rings. The van der Waals surface area contributed by atoms with Crippen molar-refractivity contribution in [3.05, 3.63) is 42.2 Å². The molecule has 1 heterocycles. The first-order valence-electron chi connectivity index (χ1n) is 6.31. The summed E-state index contributed by atoms with van der Waals surface area (Å²) in [7, 11) is 0. The second-order valence-electron chi connectivity index (χ2n) is 4.55. The van der Waals surface area contributed by atoms with E-state index in [9.17, 15) is 0 Å². The van der Waals surface area contributed by atoms with E-state index in [1.807, 2.05) is 6.20 Å². The highest BCUT2D eigenvalue weighted by Gasteiger charge is 2.16. The minimum Gasteiger partial charge on any atom is -0.314 e. The monoisotopic (exact) mass is 228 g/mol. The molecule has 0 bridgehead atoms. The summed E-state index contributed by atoms with van der Waals surface area (Å²) in [6.45, 7) is 7.59. The van der Waals surface area contributed by atoms with Gasteiger partial charge in [-0.15, -0.1) is 0 Å². The molecule has 0 amide bonds. The predicted molar refractivity (Wildman–Crippen MR) is 73.3 cm³/mol. The van der Waals surface area contributed by atoms with Crippen LogP contribution in [-0.4, -0.2) is 17.6 Å². The number of nitrogens with one attached hydrogen (secondary N) is 1. The van der Waals surface area contributed by atoms with Gasteiger partial charge < -0.3 is 5.32 Å². The molecule has 0 saturated heterocycles. The Morgan fingerprint density at radius 1 is 1.18 bits per heavy atom. The van der Waals surface area contributed by atoms with E-state index in [4.69, 9.17) is 0 Å². The zero-order valence-electron chi connectivity index (χ0n) is 10.8. The van der Waals surface area contributed by atoms with Crippen molar-refractivity contribution >= 4 is 10.8 Å². The minimum atomic E-state index is 0.418. The highest BCUT2D eigenvalue weighted by Crippen LogP contribution is 2.25. The largest absolute Gasteiger partial charge is 0.314 e. The molecular weight excluding hydrogens is 208 g/mol. The van der Waals surface area contributed by atoms with Crippen molar-refractivity contribution < 1.29 is 0 Å². The summed E-state index contributed by atoms with van der Waals surface area (Å²) < 4.78 is 0. The number of hydrogen-bond donors (Lipinski definition) is 1. The lowest BCUT2D eigenvalue weighted by Gasteiger charge is -2.21. The maximum Gasteiger partial charge on any atom is 0.0525 e. The van der Waals surface area contributed by atoms with Crippen LogP contribution in [0.25, 0.3) is 10.8 Å². The SMILES string of the molecule is CCNC(C)C(C)c1nccc2ccccc12. The number of aromatic nitrogens is 1. The van der Waals surface area contributed by atoms with E-state index in [2.05, 4.69) is 61.4 Å². The van der Waals surface area contributed by atoms with Crippen LogP contribution in [0.5, 0.6) is 0 Å². The van der Waals surface area contributed by atoms with Gasteiger partial charge in [0.05, 0.1) is 5.69 Å². The van der Waals surface area contributed by atoms with Gasteiger partial charge in [0.2, 0.25) is 0 Å². The Kier molecular flexibility index (Phi) is 3.75. The Labute approximate surface area is 103 Å². The summed E-state index contributed by atoms with van der Waals surface area (Å²) in [6, 6.07) is 11.0. The molecule has 2 aromatic rings. The summed E-state index contributed by atoms with van der Waals surface area (Å²) in [5.41, 5.74) is 1.19. The number of nitrogens with zero attached hydrogens (tertiary/aromatic N) is 1. The molecule has 90 valence electrons. The van der Waals surface area contributed by atoms with Crippen LogP contribution in [0.1, 0.15) is 32.4 Å². The van der Waals surface area contributed by atoms with Crippen molar-refractivity contribution in [3.8, 4) is 0 Å². The summed E-state index contributed by atoms with van der Waals surface area (Å²) in [4.78, 5) is 4.57. The summed E-state index contributed by atoms with van der Waals surface area (Å²) in [5, 5.41) is 6.01. The van der Waals surface area contributed by atoms with E-state index in [-0.39, 0.29) is 0 Å². The van der Waals surface area contributed by atoms with Crippen molar-refractivity contribution in [2.24, 2.45) is 0 Å². The Hall–Kier alpha value is -1.41. The van der Waals surface area contributed by atoms with Gasteiger partial charge in [0, 0.05) is 23.5 Å². The zero-order valence-corrected chi connectivity index (χ0v) is 10.8. The smallest absolute Gasteiger partial charge is 0.0525 e. The van der Waals surface area contributed by atoms with Crippen LogP contribution >= 0.6 is 0 Å². The number of likely N-dealkylation sites (N-methyl/N-ethyl adjacent to an activating group) is 1. The van der Waals surface area contributed by atoms with E-state index in [0.29, 0.717) is 12.0 Å². The van der Waals surface area contributed by atoms with Gasteiger partial charge in [-0.1, -0.05) is 38.1 Å². The molecule has 1 aromatic carbocycles. The summed E-state index contributed by atoms with van der Waals surface area (Å²) in [6.07, 6.45) is 1.91. The number of fused-ring (bicyclic) bond motifs is 1. The molecule has 1 aromatic heterocycles. The predicted octanol–water partition coefficient (Wildman–Crippen LogP) is 3.34. The standard InChI is InChI=1S/C15H20N2/c1-4-16-12(3)11(2)15-14-8-6-5-7-13(14)9-10-17-15/h5-12,16H,4H2,1-3H3. The van der Waals surface area contributed by atoms with Gasteiger partial charge in [-0.25, -0.2) is 0 Å². The molecular formula is C15H20N2. The average Bonchev–Trinajstić information content (AvgIpc) is 2.37. The van der Waals surface area contributed by atoms with E-state index in [1.54, 1.807) is 0 Å². The molecule has 2 unspecified atom stereocenters. The van der Waals surface area contributed by atoms with Crippen LogP contribution in [0.15, 0.2) is 36.5 Å². The highest BCUT2D eigenvalue weighted by molar-refractivity contribution is 5.84. The van der Waals surface area contributed by atoms with Crippen molar-refractivity contribution in [2.75, 3.05) is 6.54 Å². The molecule has 0 aliphatic heterocycles. The first-order valence-corrected chi connectivity index (χ1v) is 6.31. The number of hydrogen-bond acceptors (Lipinski definition) is 2. The van der Waals surface area contributed by atoms with Crippen LogP contribution in [0, 0.1) is 0 Å². The molecule has 2 atom stereocenters. The van der Waals surface area contributed by atoms with Crippen LogP contribution in [0.3, 0.4) is 0 Å². The van der Waals surface area contributed by atoms with Crippen molar-refractivity contribution in [1.82, 2.24) is 10.3 Å². The first kappa shape index (κ1) is 12.1. The Bertz CT molecular complexity index is 488. The number of benzene rings is 1. The van der Waals surface area contributed by atoms with Gasteiger partial charge in [0.15, 0.2) is 0 Å². The highest BCUT2D eigenvalue weighted by atomic mass is 14.9. The van der Waals surface area contributed by atoms with Crippen molar-refractivity contribution in [2.45, 2.75) is 32.7 Å². The van der Waals surface area contributed by atoms with Gasteiger partial charge in [-0.3, -0.25) is 4.98 Å². The van der Waals surface area contributed by atoms with Gasteiger partial charge in [0.1, 0.15) is 0 Å². The van der Waals surface area contributed by atoms with Gasteiger partial charge >= 0.3 is 0 Å². The fraction of sp³-hybridized carbons (Fsp3) is 0.400. The lowest BCUT2D eigenvalue weighted by molar-refractivity contribution is 0.490. The molecule has 0 aliphatic rings. The number of pyridine rings is 1. The quantitative estimate of drug-likeness (QED) is 0.868. The molecule has 2 heteroatoms. The molecule has 1 N–H and O–H groups in total. The summed E-state index contributed by atoms with van der Waals surface area (Å²) in [5.74, 6) is 0.418. The maximum atomic E-state index is 4.57. The third kappa shape index (κ3) is 2.47. The zero-order chi connectivity index (χ0) is 12.3. The van der Waals surface area contributed by atoms with Gasteiger partial charge in [0.25, 0.3) is 0 Å². The van der Waals surface area contributed by atoms with Gasteiger partial charge in [-0.2, -0.15) is 0 Å². The van der Waals surface area contributed by atoms with Crippen LogP contribution < -0.4 is 5.32 Å². The third-order valence-electron chi connectivity index (χ3n) is 3.41. The lowest BCUT2D eigenvalue weighted by atomic mass is 9.95. The second kappa shape index (κ2) is 5.28. The van der Waals surface area contributed by atoms with Gasteiger partial charge in [-0.05, 0) is 24.9 Å². The van der Waals surface area contributed by atoms with Crippen LogP contribution in [0.2, 0.25) is 0 Å². The fourth-order valence-corrected chi connectivity index (χ4v) is 2.24. The Balaban J connectivity index is 2.41. The topological polar surface area (TPSA) is 24.9 Å². The van der Waals surface area contributed by atoms with Crippen molar-refractivity contribution in [3.63, 3.8) is 0 Å². The molecule has 0 spiro atoms. The molecule has 17 heavy (non-hydrogen) atoms. The van der Waals surface area contributed by atoms with Crippen LogP contribution in [-0.2, 0) is 0 Å². The Morgan fingerprint density at radius 2 is 1.94 bits per heavy atom. The second-order valence-corrected chi connectivity index (χ2v) is 4.55. The van der Waals surface area contributed by atoms with E-state index in [0.717, 1.165) is 6.54 Å². The van der Waals surface area contributed by atoms with E-state index >= 15 is 0 Å². The molecule has 2 nitrogen and oxygen atoms in total. The lowest BCUT2D eigenvalue weighted by Crippen LogP contribution is -2.31. The first-order chi connectivity index (χ1) is 8.24. The average molecular weight is 228 g/mol. The Morgan fingerprint density at radius 3 is 2.71 bits per heavy atom.